The second-order valence-corrected chi connectivity index (χ2v) is 8.52. The number of amides is 1. The van der Waals surface area contributed by atoms with Crippen LogP contribution in [0.1, 0.15) is 32.3 Å². The normalized spacial score (nSPS) is 11.2. The number of carbonyl (C=O) groups is 1. The van der Waals surface area contributed by atoms with Gasteiger partial charge in [-0.25, -0.2) is 9.36 Å². The van der Waals surface area contributed by atoms with E-state index in [2.05, 4.69) is 15.5 Å². The third-order valence-corrected chi connectivity index (χ3v) is 5.55. The van der Waals surface area contributed by atoms with E-state index in [1.165, 1.54) is 15.6 Å². The lowest BCUT2D eigenvalue weighted by Gasteiger charge is -2.10. The van der Waals surface area contributed by atoms with Crippen molar-refractivity contribution in [1.82, 2.24) is 24.9 Å². The van der Waals surface area contributed by atoms with Gasteiger partial charge in [-0.2, -0.15) is 10.2 Å². The molecule has 0 aliphatic heterocycles. The molecule has 9 heteroatoms. The summed E-state index contributed by atoms with van der Waals surface area (Å²) in [6.07, 6.45) is 2.40. The summed E-state index contributed by atoms with van der Waals surface area (Å²) in [6.45, 7) is 4.68. The number of halogens is 1. The van der Waals surface area contributed by atoms with Crippen molar-refractivity contribution >= 4 is 28.4 Å². The molecule has 0 atom stereocenters. The lowest BCUT2D eigenvalue weighted by molar-refractivity contribution is -0.121. The summed E-state index contributed by atoms with van der Waals surface area (Å²) >= 11 is 6.43. The molecule has 2 aromatic heterocycles. The topological polar surface area (TPSA) is 91.0 Å². The lowest BCUT2D eigenvalue weighted by Crippen LogP contribution is -2.26. The maximum Gasteiger partial charge on any atom is 0.295 e. The van der Waals surface area contributed by atoms with Crippen LogP contribution in [0.3, 0.4) is 0 Å². The van der Waals surface area contributed by atoms with Crippen molar-refractivity contribution in [3.05, 3.63) is 81.9 Å². The summed E-state index contributed by atoms with van der Waals surface area (Å²) in [4.78, 5) is 25.1. The van der Waals surface area contributed by atoms with Gasteiger partial charge in [0.1, 0.15) is 10.9 Å². The van der Waals surface area contributed by atoms with Gasteiger partial charge < -0.3 is 10.1 Å². The van der Waals surface area contributed by atoms with Gasteiger partial charge in [0, 0.05) is 19.5 Å². The zero-order valence-electron chi connectivity index (χ0n) is 19.1. The van der Waals surface area contributed by atoms with Gasteiger partial charge in [0.05, 0.1) is 23.4 Å². The average molecular weight is 480 g/mol. The van der Waals surface area contributed by atoms with Crippen molar-refractivity contribution < 1.29 is 9.53 Å². The number of para-hydroxylation sites is 1. The Hall–Kier alpha value is -3.65. The first-order chi connectivity index (χ1) is 16.4. The van der Waals surface area contributed by atoms with Gasteiger partial charge in [0.2, 0.25) is 5.91 Å². The van der Waals surface area contributed by atoms with Crippen LogP contribution in [0.15, 0.2) is 65.6 Å². The van der Waals surface area contributed by atoms with Gasteiger partial charge in [-0.1, -0.05) is 41.9 Å². The Labute approximate surface area is 202 Å². The van der Waals surface area contributed by atoms with Crippen LogP contribution in [-0.2, 0) is 17.9 Å². The largest absolute Gasteiger partial charge is 0.491 e. The summed E-state index contributed by atoms with van der Waals surface area (Å²) < 4.78 is 8.47. The standard InChI is InChI=1S/C25H26ClN5O3/c1-17(2)34-20-12-10-18(11-13-20)15-27-22(32)9-6-14-30-25(33)23-21(16-28-30)24(26)31(29-23)19-7-4-3-5-8-19/h3-5,7-8,10-13,16-17H,6,9,14-15H2,1-2H3,(H,27,32). The average Bonchev–Trinajstić information content (AvgIpc) is 3.17. The Balaban J connectivity index is 1.33. The fourth-order valence-corrected chi connectivity index (χ4v) is 3.79. The number of ether oxygens (including phenoxy) is 1. The van der Waals surface area contributed by atoms with Crippen LogP contribution >= 0.6 is 11.6 Å². The molecule has 0 fully saturated rings. The summed E-state index contributed by atoms with van der Waals surface area (Å²) in [5, 5.41) is 12.3. The van der Waals surface area contributed by atoms with E-state index in [0.717, 1.165) is 17.0 Å². The number of nitrogens with one attached hydrogen (secondary N) is 1. The smallest absolute Gasteiger partial charge is 0.295 e. The fourth-order valence-electron chi connectivity index (χ4n) is 3.52. The van der Waals surface area contributed by atoms with Crippen LogP contribution in [-0.4, -0.2) is 31.6 Å². The monoisotopic (exact) mass is 479 g/mol. The van der Waals surface area contributed by atoms with Crippen molar-refractivity contribution in [2.24, 2.45) is 0 Å². The van der Waals surface area contributed by atoms with Crippen molar-refractivity contribution in [2.45, 2.75) is 45.9 Å². The van der Waals surface area contributed by atoms with Crippen molar-refractivity contribution in [3.63, 3.8) is 0 Å². The van der Waals surface area contributed by atoms with Crippen LogP contribution in [0.25, 0.3) is 16.6 Å². The first-order valence-electron chi connectivity index (χ1n) is 11.1. The molecular weight excluding hydrogens is 454 g/mol. The highest BCUT2D eigenvalue weighted by Gasteiger charge is 2.16. The molecule has 0 unspecified atom stereocenters. The molecule has 1 N–H and O–H groups in total. The minimum atomic E-state index is -0.335. The molecule has 0 saturated carbocycles. The van der Waals surface area contributed by atoms with Crippen LogP contribution in [0.2, 0.25) is 5.15 Å². The highest BCUT2D eigenvalue weighted by molar-refractivity contribution is 6.34. The zero-order valence-corrected chi connectivity index (χ0v) is 19.8. The second kappa shape index (κ2) is 10.5. The van der Waals surface area contributed by atoms with Gasteiger partial charge in [0.15, 0.2) is 5.52 Å². The van der Waals surface area contributed by atoms with Gasteiger partial charge >= 0.3 is 0 Å². The third-order valence-electron chi connectivity index (χ3n) is 5.19. The highest BCUT2D eigenvalue weighted by atomic mass is 35.5. The van der Waals surface area contributed by atoms with Crippen molar-refractivity contribution in [1.29, 1.82) is 0 Å². The first-order valence-corrected chi connectivity index (χ1v) is 11.5. The van der Waals surface area contributed by atoms with Crippen LogP contribution in [0.4, 0.5) is 0 Å². The molecule has 0 bridgehead atoms. The van der Waals surface area contributed by atoms with Gasteiger partial charge in [0.25, 0.3) is 5.56 Å². The number of aromatic nitrogens is 4. The van der Waals surface area contributed by atoms with E-state index in [1.807, 2.05) is 68.4 Å². The predicted octanol–water partition coefficient (Wildman–Crippen LogP) is 4.12. The Kier molecular flexibility index (Phi) is 7.27. The summed E-state index contributed by atoms with van der Waals surface area (Å²) in [7, 11) is 0. The van der Waals surface area contributed by atoms with Crippen LogP contribution in [0, 0.1) is 0 Å². The quantitative estimate of drug-likeness (QED) is 0.390. The number of aryl methyl sites for hydroxylation is 1. The Bertz CT molecular complexity index is 1330. The molecule has 0 radical (unpaired) electrons. The van der Waals surface area contributed by atoms with Gasteiger partial charge in [-0.3, -0.25) is 9.59 Å². The van der Waals surface area contributed by atoms with E-state index in [9.17, 15) is 9.59 Å². The lowest BCUT2D eigenvalue weighted by atomic mass is 10.2. The molecule has 4 rings (SSSR count). The number of benzene rings is 2. The maximum atomic E-state index is 12.9. The fraction of sp³-hybridized carbons (Fsp3) is 0.280. The molecule has 0 aliphatic carbocycles. The maximum absolute atomic E-state index is 12.9. The molecule has 1 amide bonds. The molecule has 8 nitrogen and oxygen atoms in total. The van der Waals surface area contributed by atoms with E-state index in [1.54, 1.807) is 0 Å². The molecule has 176 valence electrons. The van der Waals surface area contributed by atoms with Crippen molar-refractivity contribution in [3.8, 4) is 11.4 Å². The van der Waals surface area contributed by atoms with Crippen molar-refractivity contribution in [2.75, 3.05) is 0 Å². The first kappa shape index (κ1) is 23.5. The molecule has 2 aromatic carbocycles. The zero-order chi connectivity index (χ0) is 24.1. The van der Waals surface area contributed by atoms with Gasteiger partial charge in [-0.05, 0) is 50.1 Å². The minimum Gasteiger partial charge on any atom is -0.491 e. The van der Waals surface area contributed by atoms with E-state index >= 15 is 0 Å². The Morgan fingerprint density at radius 3 is 2.56 bits per heavy atom. The van der Waals surface area contributed by atoms with Gasteiger partial charge in [-0.15, -0.1) is 0 Å². The summed E-state index contributed by atoms with van der Waals surface area (Å²) in [6, 6.07) is 17.0. The Morgan fingerprint density at radius 1 is 1.12 bits per heavy atom. The van der Waals surface area contributed by atoms with E-state index in [4.69, 9.17) is 16.3 Å². The number of hydrogen-bond donors (Lipinski definition) is 1. The molecule has 2 heterocycles. The van der Waals surface area contributed by atoms with E-state index in [-0.39, 0.29) is 29.5 Å². The molecular formula is C25H26ClN5O3. The number of hydrogen-bond acceptors (Lipinski definition) is 5. The van der Waals surface area contributed by atoms with Crippen LogP contribution in [0.5, 0.6) is 5.75 Å². The molecule has 4 aromatic rings. The minimum absolute atomic E-state index is 0.0898. The highest BCUT2D eigenvalue weighted by Crippen LogP contribution is 2.23. The Morgan fingerprint density at radius 2 is 1.85 bits per heavy atom. The SMILES string of the molecule is CC(C)Oc1ccc(CNC(=O)CCCn2ncc3c(Cl)n(-c4ccccc4)nc3c2=O)cc1. The number of nitrogens with zero attached hydrogens (tertiary/aromatic N) is 4. The summed E-state index contributed by atoms with van der Waals surface area (Å²) in [5.74, 6) is 0.711. The number of fused-ring (bicyclic) bond motifs is 1. The van der Waals surface area contributed by atoms with E-state index in [0.29, 0.717) is 30.0 Å². The molecule has 0 aliphatic rings. The predicted molar refractivity (Wildman–Crippen MR) is 131 cm³/mol. The number of rotatable bonds is 9. The molecule has 0 saturated heterocycles. The third kappa shape index (κ3) is 5.46. The second-order valence-electron chi connectivity index (χ2n) is 8.16. The number of carbonyl (C=O) groups excluding carboxylic acids is 1. The van der Waals surface area contributed by atoms with E-state index < -0.39 is 0 Å². The molecule has 34 heavy (non-hydrogen) atoms. The molecule has 0 spiro atoms. The van der Waals surface area contributed by atoms with Crippen LogP contribution < -0.4 is 15.6 Å². The summed E-state index contributed by atoms with van der Waals surface area (Å²) in [5.41, 5.74) is 1.66.